The van der Waals surface area contributed by atoms with Crippen LogP contribution in [0.2, 0.25) is 0 Å². The molecule has 0 atom stereocenters. The van der Waals surface area contributed by atoms with Gasteiger partial charge in [-0.25, -0.2) is 26.0 Å². The number of ether oxygens (including phenoxy) is 1. The van der Waals surface area contributed by atoms with Crippen molar-refractivity contribution in [2.24, 2.45) is 12.5 Å². The van der Waals surface area contributed by atoms with E-state index in [0.29, 0.717) is 5.41 Å². The van der Waals surface area contributed by atoms with E-state index in [4.69, 9.17) is 4.74 Å². The zero-order valence-electron chi connectivity index (χ0n) is 15.5. The molecule has 0 saturated carbocycles. The van der Waals surface area contributed by atoms with E-state index in [1.165, 1.54) is 12.2 Å². The molecule has 0 spiro atoms. The van der Waals surface area contributed by atoms with Gasteiger partial charge in [0.05, 0.1) is 25.7 Å². The number of nitrogens with zero attached hydrogens (tertiary/aromatic N) is 3. The lowest BCUT2D eigenvalue weighted by Gasteiger charge is -2.39. The van der Waals surface area contributed by atoms with E-state index in [1.54, 1.807) is 0 Å². The normalized spacial score (nSPS) is 17.3. The summed E-state index contributed by atoms with van der Waals surface area (Å²) >= 11 is 0. The SMILES string of the molecule is CCC1(Cn2cc[n+](C)c2C)COC1.O=S(=O)([N-]S(=O)(=O)C(F)(F)F)C(F)(F)F. The lowest BCUT2D eigenvalue weighted by molar-refractivity contribution is -0.677. The van der Waals surface area contributed by atoms with Gasteiger partial charge >= 0.3 is 11.0 Å². The first-order chi connectivity index (χ1) is 12.9. The quantitative estimate of drug-likeness (QED) is 0.480. The molecule has 1 saturated heterocycles. The van der Waals surface area contributed by atoms with E-state index in [0.717, 1.165) is 23.9 Å². The van der Waals surface area contributed by atoms with Crippen LogP contribution < -0.4 is 4.57 Å². The van der Waals surface area contributed by atoms with Gasteiger partial charge in [0.15, 0.2) is 20.0 Å². The molecule has 0 aliphatic carbocycles. The summed E-state index contributed by atoms with van der Waals surface area (Å²) in [7, 11) is -11.4. The lowest BCUT2D eigenvalue weighted by atomic mass is 9.83. The zero-order chi connectivity index (χ0) is 22.9. The van der Waals surface area contributed by atoms with Gasteiger partial charge in [0.1, 0.15) is 18.9 Å². The molecule has 170 valence electrons. The number of rotatable bonds is 5. The van der Waals surface area contributed by atoms with Crippen LogP contribution in [0.5, 0.6) is 0 Å². The van der Waals surface area contributed by atoms with E-state index in [-0.39, 0.29) is 0 Å². The summed E-state index contributed by atoms with van der Waals surface area (Å²) < 4.78 is 119. The predicted molar refractivity (Wildman–Crippen MR) is 87.2 cm³/mol. The summed E-state index contributed by atoms with van der Waals surface area (Å²) in [5.74, 6) is 1.31. The summed E-state index contributed by atoms with van der Waals surface area (Å²) in [6.07, 6.45) is 5.47. The fraction of sp³-hybridized carbons (Fsp3) is 0.769. The molecular formula is C13H19F6N3O5S2. The molecule has 1 aliphatic heterocycles. The number of halogens is 6. The molecule has 0 aromatic carbocycles. The van der Waals surface area contributed by atoms with Crippen molar-refractivity contribution in [3.05, 3.63) is 22.3 Å². The van der Waals surface area contributed by atoms with Crippen molar-refractivity contribution in [1.82, 2.24) is 4.57 Å². The van der Waals surface area contributed by atoms with Crippen molar-refractivity contribution >= 4 is 20.0 Å². The van der Waals surface area contributed by atoms with Crippen molar-refractivity contribution < 1.29 is 52.5 Å². The monoisotopic (exact) mass is 475 g/mol. The first-order valence-corrected chi connectivity index (χ1v) is 10.7. The maximum atomic E-state index is 11.4. The summed E-state index contributed by atoms with van der Waals surface area (Å²) in [6.45, 7) is 7.34. The molecule has 0 N–H and O–H groups in total. The predicted octanol–water partition coefficient (Wildman–Crippen LogP) is 2.11. The molecule has 0 unspecified atom stereocenters. The molecule has 29 heavy (non-hydrogen) atoms. The molecule has 2 heterocycles. The smallest absolute Gasteiger partial charge is 0.421 e. The first kappa shape index (κ1) is 25.6. The third-order valence-electron chi connectivity index (χ3n) is 4.25. The van der Waals surface area contributed by atoms with Crippen molar-refractivity contribution in [1.29, 1.82) is 0 Å². The Morgan fingerprint density at radius 1 is 1.10 bits per heavy atom. The van der Waals surface area contributed by atoms with Crippen LogP contribution in [0.4, 0.5) is 26.3 Å². The molecule has 1 aliphatic rings. The summed E-state index contributed by atoms with van der Waals surface area (Å²) in [6, 6.07) is 0. The van der Waals surface area contributed by atoms with Crippen LogP contribution in [-0.2, 0) is 38.4 Å². The van der Waals surface area contributed by atoms with Crippen LogP contribution in [0.15, 0.2) is 12.4 Å². The van der Waals surface area contributed by atoms with Gasteiger partial charge in [-0.2, -0.15) is 26.3 Å². The highest BCUT2D eigenvalue weighted by Gasteiger charge is 2.47. The topological polar surface area (TPSA) is 100 Å². The number of hydrogen-bond acceptors (Lipinski definition) is 5. The Bertz CT molecular complexity index is 870. The molecule has 8 nitrogen and oxygen atoms in total. The van der Waals surface area contributed by atoms with E-state index in [1.807, 2.05) is 0 Å². The highest BCUT2D eigenvalue weighted by atomic mass is 32.3. The first-order valence-electron chi connectivity index (χ1n) is 7.83. The highest BCUT2D eigenvalue weighted by Crippen LogP contribution is 2.36. The second-order valence-electron chi connectivity index (χ2n) is 6.35. The molecule has 0 amide bonds. The van der Waals surface area contributed by atoms with E-state index >= 15 is 0 Å². The van der Waals surface area contributed by atoms with Crippen molar-refractivity contribution in [2.75, 3.05) is 13.2 Å². The molecule has 1 fully saturated rings. The summed E-state index contributed by atoms with van der Waals surface area (Å²) in [5, 5.41) is 0. The standard InChI is InChI=1S/C11H19N2O.C2F6NO4S2/c1-4-11(8-14-9-11)7-13-6-5-12(3)10(13)2;3-1(4,5)14(10,11)9-15(12,13)2(6,7)8/h5-6H,4,7-9H2,1-3H3;/q+1;-1. The van der Waals surface area contributed by atoms with E-state index in [2.05, 4.69) is 42.4 Å². The molecule has 0 bridgehead atoms. The second kappa shape index (κ2) is 8.39. The summed E-state index contributed by atoms with van der Waals surface area (Å²) in [5.41, 5.74) is -12.0. The largest absolute Gasteiger partial charge is 0.480 e. The van der Waals surface area contributed by atoms with Crippen LogP contribution in [0, 0.1) is 12.3 Å². The highest BCUT2D eigenvalue weighted by molar-refractivity contribution is 8.13. The fourth-order valence-corrected chi connectivity index (χ4v) is 3.85. The Balaban J connectivity index is 0.000000290. The van der Waals surface area contributed by atoms with Crippen molar-refractivity contribution in [3.8, 4) is 0 Å². The third-order valence-corrected chi connectivity index (χ3v) is 6.99. The maximum absolute atomic E-state index is 11.4. The van der Waals surface area contributed by atoms with Gasteiger partial charge < -0.3 is 8.86 Å². The number of hydrogen-bond donors (Lipinski definition) is 0. The van der Waals surface area contributed by atoms with Crippen molar-refractivity contribution in [3.63, 3.8) is 0 Å². The summed E-state index contributed by atoms with van der Waals surface area (Å²) in [4.78, 5) is 0. The van der Waals surface area contributed by atoms with Crippen LogP contribution in [-0.4, -0.2) is 45.6 Å². The Morgan fingerprint density at radius 3 is 1.79 bits per heavy atom. The van der Waals surface area contributed by atoms with E-state index < -0.39 is 31.1 Å². The number of aromatic nitrogens is 2. The van der Waals surface area contributed by atoms with Crippen LogP contribution >= 0.6 is 0 Å². The van der Waals surface area contributed by atoms with Crippen LogP contribution in [0.1, 0.15) is 19.2 Å². The van der Waals surface area contributed by atoms with Gasteiger partial charge in [0.2, 0.25) is 0 Å². The van der Waals surface area contributed by atoms with Crippen LogP contribution in [0.25, 0.3) is 4.13 Å². The molecule has 1 aromatic heterocycles. The molecule has 1 aromatic rings. The minimum absolute atomic E-state index is 0.400. The Morgan fingerprint density at radius 2 is 1.55 bits per heavy atom. The molecule has 0 radical (unpaired) electrons. The van der Waals surface area contributed by atoms with Gasteiger partial charge in [0, 0.05) is 6.92 Å². The Labute approximate surface area is 163 Å². The average molecular weight is 475 g/mol. The Kier molecular flexibility index (Phi) is 7.42. The van der Waals surface area contributed by atoms with Gasteiger partial charge in [-0.3, -0.25) is 0 Å². The van der Waals surface area contributed by atoms with Gasteiger partial charge in [0.25, 0.3) is 5.82 Å². The number of aryl methyl sites for hydroxylation is 1. The van der Waals surface area contributed by atoms with Gasteiger partial charge in [-0.1, -0.05) is 6.92 Å². The number of alkyl halides is 6. The lowest BCUT2D eigenvalue weighted by Crippen LogP contribution is -2.45. The molecular weight excluding hydrogens is 456 g/mol. The average Bonchev–Trinajstić information content (AvgIpc) is 2.80. The minimum Gasteiger partial charge on any atom is -0.421 e. The molecule has 16 heteroatoms. The molecule has 2 rings (SSSR count). The number of sulfonamides is 2. The van der Waals surface area contributed by atoms with E-state index in [9.17, 15) is 43.2 Å². The van der Waals surface area contributed by atoms with Crippen molar-refractivity contribution in [2.45, 2.75) is 37.8 Å². The zero-order valence-corrected chi connectivity index (χ0v) is 17.1. The third kappa shape index (κ3) is 6.05. The maximum Gasteiger partial charge on any atom is 0.480 e. The Hall–Kier alpha value is -1.39. The number of imidazole rings is 1. The fourth-order valence-electron chi connectivity index (χ4n) is 2.14. The van der Waals surface area contributed by atoms with Gasteiger partial charge in [-0.15, -0.1) is 0 Å². The van der Waals surface area contributed by atoms with Gasteiger partial charge in [-0.05, 0) is 6.42 Å². The van der Waals surface area contributed by atoms with Crippen LogP contribution in [0.3, 0.4) is 0 Å². The second-order valence-corrected chi connectivity index (χ2v) is 9.77. The minimum atomic E-state index is -6.72.